The molecule has 0 bridgehead atoms. The van der Waals surface area contributed by atoms with Crippen molar-refractivity contribution in [3.63, 3.8) is 0 Å². The lowest BCUT2D eigenvalue weighted by molar-refractivity contribution is 0.302. The van der Waals surface area contributed by atoms with E-state index in [4.69, 9.17) is 0 Å². The summed E-state index contributed by atoms with van der Waals surface area (Å²) in [5, 5.41) is 3.51. The minimum Gasteiger partial charge on any atom is -0.385 e. The monoisotopic (exact) mass is 391 g/mol. The molecule has 2 aromatic rings. The van der Waals surface area contributed by atoms with E-state index in [2.05, 4.69) is 68.6 Å². The van der Waals surface area contributed by atoms with Crippen LogP contribution in [-0.2, 0) is 0 Å². The van der Waals surface area contributed by atoms with Crippen LogP contribution in [-0.4, -0.2) is 6.54 Å². The summed E-state index contributed by atoms with van der Waals surface area (Å²) in [5.41, 5.74) is 6.96. The summed E-state index contributed by atoms with van der Waals surface area (Å²) >= 11 is 0. The SMILES string of the molecule is CCCCCC1CCC(c2ccc(-c3ccc(NCCCC)cc3)cc2C)CC1. The zero-order valence-electron chi connectivity index (χ0n) is 19.0. The minimum absolute atomic E-state index is 0.775. The van der Waals surface area contributed by atoms with E-state index in [0.29, 0.717) is 0 Å². The molecule has 0 unspecified atom stereocenters. The van der Waals surface area contributed by atoms with Gasteiger partial charge in [0.25, 0.3) is 0 Å². The van der Waals surface area contributed by atoms with Gasteiger partial charge in [-0.15, -0.1) is 0 Å². The molecule has 1 heteroatoms. The first kappa shape index (κ1) is 21.9. The number of anilines is 1. The van der Waals surface area contributed by atoms with Gasteiger partial charge in [0.15, 0.2) is 0 Å². The normalized spacial score (nSPS) is 19.3. The van der Waals surface area contributed by atoms with E-state index >= 15 is 0 Å². The predicted molar refractivity (Wildman–Crippen MR) is 129 cm³/mol. The quantitative estimate of drug-likeness (QED) is 0.399. The Balaban J connectivity index is 1.58. The van der Waals surface area contributed by atoms with Crippen molar-refractivity contribution < 1.29 is 0 Å². The fraction of sp³-hybridized carbons (Fsp3) is 0.571. The van der Waals surface area contributed by atoms with Crippen molar-refractivity contribution in [3.8, 4) is 11.1 Å². The lowest BCUT2D eigenvalue weighted by atomic mass is 9.76. The molecule has 0 heterocycles. The van der Waals surface area contributed by atoms with Gasteiger partial charge in [0.2, 0.25) is 0 Å². The van der Waals surface area contributed by atoms with Gasteiger partial charge in [-0.1, -0.05) is 76.3 Å². The first-order chi connectivity index (χ1) is 14.2. The second kappa shape index (κ2) is 11.4. The van der Waals surface area contributed by atoms with Crippen LogP contribution >= 0.6 is 0 Å². The summed E-state index contributed by atoms with van der Waals surface area (Å²) in [6.07, 6.45) is 13.7. The number of nitrogens with one attached hydrogen (secondary N) is 1. The maximum absolute atomic E-state index is 3.51. The van der Waals surface area contributed by atoms with E-state index < -0.39 is 0 Å². The molecular formula is C28H41N. The lowest BCUT2D eigenvalue weighted by Crippen LogP contribution is -2.14. The molecule has 1 saturated carbocycles. The molecule has 29 heavy (non-hydrogen) atoms. The summed E-state index contributed by atoms with van der Waals surface area (Å²) in [7, 11) is 0. The topological polar surface area (TPSA) is 12.0 Å². The zero-order chi connectivity index (χ0) is 20.5. The lowest BCUT2D eigenvalue weighted by Gasteiger charge is -2.30. The summed E-state index contributed by atoms with van der Waals surface area (Å²) in [5.74, 6) is 1.76. The molecule has 1 fully saturated rings. The Kier molecular flexibility index (Phi) is 8.65. The van der Waals surface area contributed by atoms with Crippen LogP contribution in [0.15, 0.2) is 42.5 Å². The third-order valence-corrected chi connectivity index (χ3v) is 6.85. The molecule has 0 spiro atoms. The van der Waals surface area contributed by atoms with E-state index in [9.17, 15) is 0 Å². The molecule has 0 saturated heterocycles. The first-order valence-corrected chi connectivity index (χ1v) is 12.2. The molecule has 1 aliphatic rings. The van der Waals surface area contributed by atoms with Crippen molar-refractivity contribution in [2.45, 2.75) is 90.9 Å². The van der Waals surface area contributed by atoms with Gasteiger partial charge in [0.1, 0.15) is 0 Å². The summed E-state index contributed by atoms with van der Waals surface area (Å²) in [4.78, 5) is 0. The van der Waals surface area contributed by atoms with Crippen molar-refractivity contribution >= 4 is 5.69 Å². The van der Waals surface area contributed by atoms with E-state index in [1.165, 1.54) is 86.6 Å². The van der Waals surface area contributed by atoms with E-state index in [1.807, 2.05) is 0 Å². The Hall–Kier alpha value is -1.76. The average molecular weight is 392 g/mol. The van der Waals surface area contributed by atoms with Gasteiger partial charge in [0.05, 0.1) is 0 Å². The van der Waals surface area contributed by atoms with Crippen LogP contribution in [0.4, 0.5) is 5.69 Å². The Morgan fingerprint density at radius 1 is 0.793 bits per heavy atom. The summed E-state index contributed by atoms with van der Waals surface area (Å²) in [6, 6.07) is 16.1. The van der Waals surface area contributed by atoms with Crippen molar-refractivity contribution in [1.82, 2.24) is 0 Å². The van der Waals surface area contributed by atoms with Crippen LogP contribution in [0.2, 0.25) is 0 Å². The standard InChI is InChI=1S/C28H41N/c1-4-6-8-9-23-10-12-25(13-11-23)28-19-16-26(21-22(28)3)24-14-17-27(18-15-24)29-20-7-5-2/h14-19,21,23,25,29H,4-13,20H2,1-3H3. The molecule has 0 aliphatic heterocycles. The smallest absolute Gasteiger partial charge is 0.0340 e. The number of aryl methyl sites for hydroxylation is 1. The second-order valence-corrected chi connectivity index (χ2v) is 9.14. The third kappa shape index (κ3) is 6.36. The zero-order valence-corrected chi connectivity index (χ0v) is 19.0. The van der Waals surface area contributed by atoms with Crippen molar-refractivity contribution in [2.75, 3.05) is 11.9 Å². The molecule has 0 atom stereocenters. The van der Waals surface area contributed by atoms with E-state index in [0.717, 1.165) is 18.4 Å². The van der Waals surface area contributed by atoms with Crippen molar-refractivity contribution in [1.29, 1.82) is 0 Å². The maximum Gasteiger partial charge on any atom is 0.0340 e. The Morgan fingerprint density at radius 2 is 1.48 bits per heavy atom. The Morgan fingerprint density at radius 3 is 2.14 bits per heavy atom. The highest BCUT2D eigenvalue weighted by Gasteiger charge is 2.23. The highest BCUT2D eigenvalue weighted by Crippen LogP contribution is 2.39. The molecule has 0 amide bonds. The van der Waals surface area contributed by atoms with E-state index in [1.54, 1.807) is 5.56 Å². The molecular weight excluding hydrogens is 350 g/mol. The van der Waals surface area contributed by atoms with Gasteiger partial charge in [-0.3, -0.25) is 0 Å². The predicted octanol–water partition coefficient (Wildman–Crippen LogP) is 8.73. The van der Waals surface area contributed by atoms with Gasteiger partial charge >= 0.3 is 0 Å². The molecule has 0 aromatic heterocycles. The van der Waals surface area contributed by atoms with Gasteiger partial charge in [-0.2, -0.15) is 0 Å². The minimum atomic E-state index is 0.775. The molecule has 3 rings (SSSR count). The molecule has 1 nitrogen and oxygen atoms in total. The molecule has 0 radical (unpaired) electrons. The number of unbranched alkanes of at least 4 members (excludes halogenated alkanes) is 3. The highest BCUT2D eigenvalue weighted by molar-refractivity contribution is 5.67. The Bertz CT molecular complexity index is 722. The number of hydrogen-bond acceptors (Lipinski definition) is 1. The molecule has 1 N–H and O–H groups in total. The van der Waals surface area contributed by atoms with Crippen LogP contribution in [0.3, 0.4) is 0 Å². The molecule has 1 aliphatic carbocycles. The summed E-state index contributed by atoms with van der Waals surface area (Å²) < 4.78 is 0. The van der Waals surface area contributed by atoms with E-state index in [-0.39, 0.29) is 0 Å². The third-order valence-electron chi connectivity index (χ3n) is 6.85. The average Bonchev–Trinajstić information content (AvgIpc) is 2.75. The highest BCUT2D eigenvalue weighted by atomic mass is 14.9. The fourth-order valence-electron chi connectivity index (χ4n) is 4.95. The number of rotatable bonds is 10. The van der Waals surface area contributed by atoms with Crippen molar-refractivity contribution in [2.24, 2.45) is 5.92 Å². The first-order valence-electron chi connectivity index (χ1n) is 12.2. The molecule has 2 aromatic carbocycles. The Labute approximate surface area is 179 Å². The van der Waals surface area contributed by atoms with Crippen LogP contribution in [0.1, 0.15) is 95.1 Å². The number of hydrogen-bond donors (Lipinski definition) is 1. The number of benzene rings is 2. The summed E-state index contributed by atoms with van der Waals surface area (Å²) in [6.45, 7) is 7.91. The van der Waals surface area contributed by atoms with Gasteiger partial charge in [-0.25, -0.2) is 0 Å². The van der Waals surface area contributed by atoms with Crippen molar-refractivity contribution in [3.05, 3.63) is 53.6 Å². The van der Waals surface area contributed by atoms with Gasteiger partial charge < -0.3 is 5.32 Å². The van der Waals surface area contributed by atoms with Crippen LogP contribution < -0.4 is 5.32 Å². The largest absolute Gasteiger partial charge is 0.385 e. The second-order valence-electron chi connectivity index (χ2n) is 9.14. The van der Waals surface area contributed by atoms with Gasteiger partial charge in [-0.05, 0) is 85.3 Å². The fourth-order valence-corrected chi connectivity index (χ4v) is 4.95. The van der Waals surface area contributed by atoms with Crippen LogP contribution in [0.5, 0.6) is 0 Å². The molecule has 158 valence electrons. The maximum atomic E-state index is 3.51. The van der Waals surface area contributed by atoms with Crippen LogP contribution in [0, 0.1) is 12.8 Å². The van der Waals surface area contributed by atoms with Crippen LogP contribution in [0.25, 0.3) is 11.1 Å². The van der Waals surface area contributed by atoms with Gasteiger partial charge in [0, 0.05) is 12.2 Å².